The topological polar surface area (TPSA) is 72.6 Å². The Morgan fingerprint density at radius 3 is 2.83 bits per heavy atom. The number of rotatable bonds is 3. The lowest BCUT2D eigenvalue weighted by atomic mass is 10.3. The Hall–Kier alpha value is -1.18. The van der Waals surface area contributed by atoms with Crippen molar-refractivity contribution >= 4 is 15.7 Å². The van der Waals surface area contributed by atoms with Crippen molar-refractivity contribution in [1.82, 2.24) is 4.31 Å². The standard InChI is InChI=1S/C11H15FN2O3S/c1-14(9-4-5-17-7-9)18(15,16)11-6-8(12)2-3-10(11)13/h2-3,6,9H,4-5,7,13H2,1H3. The van der Waals surface area contributed by atoms with Gasteiger partial charge in [-0.3, -0.25) is 0 Å². The van der Waals surface area contributed by atoms with Gasteiger partial charge in [-0.1, -0.05) is 0 Å². The fraction of sp³-hybridized carbons (Fsp3) is 0.455. The number of ether oxygens (including phenoxy) is 1. The van der Waals surface area contributed by atoms with Crippen LogP contribution in [0.25, 0.3) is 0 Å². The summed E-state index contributed by atoms with van der Waals surface area (Å²) in [5.41, 5.74) is 5.65. The van der Waals surface area contributed by atoms with E-state index in [1.807, 2.05) is 0 Å². The van der Waals surface area contributed by atoms with Gasteiger partial charge in [0, 0.05) is 13.7 Å². The number of hydrogen-bond donors (Lipinski definition) is 1. The van der Waals surface area contributed by atoms with Gasteiger partial charge in [-0.2, -0.15) is 4.31 Å². The first-order valence-electron chi connectivity index (χ1n) is 5.53. The van der Waals surface area contributed by atoms with Gasteiger partial charge in [0.2, 0.25) is 10.0 Å². The van der Waals surface area contributed by atoms with E-state index in [-0.39, 0.29) is 16.6 Å². The Morgan fingerprint density at radius 1 is 1.50 bits per heavy atom. The summed E-state index contributed by atoms with van der Waals surface area (Å²) < 4.78 is 44.1. The van der Waals surface area contributed by atoms with Crippen molar-refractivity contribution in [3.05, 3.63) is 24.0 Å². The number of halogens is 1. The summed E-state index contributed by atoms with van der Waals surface area (Å²) in [7, 11) is -2.33. The molecule has 0 aliphatic carbocycles. The quantitative estimate of drug-likeness (QED) is 0.828. The van der Waals surface area contributed by atoms with Gasteiger partial charge in [-0.05, 0) is 24.6 Å². The first-order chi connectivity index (χ1) is 8.43. The third-order valence-corrected chi connectivity index (χ3v) is 5.02. The molecule has 1 fully saturated rings. The van der Waals surface area contributed by atoms with Crippen LogP contribution in [-0.2, 0) is 14.8 Å². The third kappa shape index (κ3) is 2.33. The van der Waals surface area contributed by atoms with Crippen LogP contribution in [0.4, 0.5) is 10.1 Å². The van der Waals surface area contributed by atoms with E-state index in [1.165, 1.54) is 17.4 Å². The minimum Gasteiger partial charge on any atom is -0.398 e. The zero-order valence-corrected chi connectivity index (χ0v) is 10.8. The maximum Gasteiger partial charge on any atom is 0.245 e. The van der Waals surface area contributed by atoms with Crippen molar-refractivity contribution in [1.29, 1.82) is 0 Å². The summed E-state index contributed by atoms with van der Waals surface area (Å²) in [5, 5.41) is 0. The molecule has 100 valence electrons. The highest BCUT2D eigenvalue weighted by Gasteiger charge is 2.32. The molecule has 18 heavy (non-hydrogen) atoms. The van der Waals surface area contributed by atoms with Gasteiger partial charge in [0.25, 0.3) is 0 Å². The van der Waals surface area contributed by atoms with Gasteiger partial charge >= 0.3 is 0 Å². The molecule has 1 saturated heterocycles. The van der Waals surface area contributed by atoms with Gasteiger partial charge in [-0.15, -0.1) is 0 Å². The molecule has 1 heterocycles. The lowest BCUT2D eigenvalue weighted by Crippen LogP contribution is -2.37. The molecule has 5 nitrogen and oxygen atoms in total. The average molecular weight is 274 g/mol. The van der Waals surface area contributed by atoms with Crippen molar-refractivity contribution in [2.24, 2.45) is 0 Å². The van der Waals surface area contributed by atoms with E-state index in [4.69, 9.17) is 10.5 Å². The fourth-order valence-corrected chi connectivity index (χ4v) is 3.39. The molecule has 0 amide bonds. The number of nitrogen functional groups attached to an aromatic ring is 1. The molecule has 1 aromatic rings. The van der Waals surface area contributed by atoms with E-state index < -0.39 is 15.8 Å². The number of hydrogen-bond acceptors (Lipinski definition) is 4. The number of likely N-dealkylation sites (N-methyl/N-ethyl adjacent to an activating group) is 1. The van der Waals surface area contributed by atoms with Crippen LogP contribution in [0.3, 0.4) is 0 Å². The number of sulfonamides is 1. The van der Waals surface area contributed by atoms with Gasteiger partial charge in [0.15, 0.2) is 0 Å². The largest absolute Gasteiger partial charge is 0.398 e. The molecule has 1 aliphatic heterocycles. The molecule has 0 aromatic heterocycles. The van der Waals surface area contributed by atoms with E-state index in [0.29, 0.717) is 19.6 Å². The van der Waals surface area contributed by atoms with Crippen LogP contribution in [0.5, 0.6) is 0 Å². The first kappa shape index (κ1) is 13.3. The summed E-state index contributed by atoms with van der Waals surface area (Å²) in [4.78, 5) is -0.197. The fourth-order valence-electron chi connectivity index (χ4n) is 1.89. The minimum atomic E-state index is -3.79. The highest BCUT2D eigenvalue weighted by molar-refractivity contribution is 7.89. The Balaban J connectivity index is 2.37. The third-order valence-electron chi connectivity index (χ3n) is 3.05. The Kier molecular flexibility index (Phi) is 3.56. The van der Waals surface area contributed by atoms with Crippen molar-refractivity contribution in [3.8, 4) is 0 Å². The van der Waals surface area contributed by atoms with Gasteiger partial charge in [0.1, 0.15) is 10.7 Å². The van der Waals surface area contributed by atoms with E-state index in [0.717, 1.165) is 12.1 Å². The highest BCUT2D eigenvalue weighted by atomic mass is 32.2. The molecule has 0 radical (unpaired) electrons. The molecule has 2 rings (SSSR count). The van der Waals surface area contributed by atoms with Gasteiger partial charge in [0.05, 0.1) is 18.3 Å². The second kappa shape index (κ2) is 4.83. The number of benzene rings is 1. The molecule has 1 atom stereocenters. The molecule has 0 saturated carbocycles. The van der Waals surface area contributed by atoms with Gasteiger partial charge < -0.3 is 10.5 Å². The van der Waals surface area contributed by atoms with Gasteiger partial charge in [-0.25, -0.2) is 12.8 Å². The zero-order valence-electron chi connectivity index (χ0n) is 9.97. The first-order valence-corrected chi connectivity index (χ1v) is 6.98. The summed E-state index contributed by atoms with van der Waals surface area (Å²) in [6.45, 7) is 0.883. The second-order valence-corrected chi connectivity index (χ2v) is 6.19. The number of anilines is 1. The molecular formula is C11H15FN2O3S. The van der Waals surface area contributed by atoms with Crippen molar-refractivity contribution in [3.63, 3.8) is 0 Å². The van der Waals surface area contributed by atoms with E-state index >= 15 is 0 Å². The predicted molar refractivity (Wildman–Crippen MR) is 65.0 cm³/mol. The molecule has 1 aliphatic rings. The van der Waals surface area contributed by atoms with Crippen LogP contribution < -0.4 is 5.73 Å². The molecule has 1 aromatic carbocycles. The summed E-state index contributed by atoms with van der Waals surface area (Å²) in [5.74, 6) is -0.626. The summed E-state index contributed by atoms with van der Waals surface area (Å²) in [6, 6.07) is 3.10. The maximum atomic E-state index is 13.2. The van der Waals surface area contributed by atoms with Crippen LogP contribution in [0.15, 0.2) is 23.1 Å². The number of nitrogens with zero attached hydrogens (tertiary/aromatic N) is 1. The summed E-state index contributed by atoms with van der Waals surface area (Å²) >= 11 is 0. The highest BCUT2D eigenvalue weighted by Crippen LogP contribution is 2.25. The number of nitrogens with two attached hydrogens (primary N) is 1. The molecule has 2 N–H and O–H groups in total. The van der Waals surface area contributed by atoms with E-state index in [9.17, 15) is 12.8 Å². The maximum absolute atomic E-state index is 13.2. The average Bonchev–Trinajstić information content (AvgIpc) is 2.84. The van der Waals surface area contributed by atoms with Crippen molar-refractivity contribution in [2.75, 3.05) is 26.0 Å². The van der Waals surface area contributed by atoms with Crippen molar-refractivity contribution in [2.45, 2.75) is 17.4 Å². The zero-order chi connectivity index (χ0) is 13.3. The second-order valence-electron chi connectivity index (χ2n) is 4.22. The van der Waals surface area contributed by atoms with Crippen LogP contribution in [0, 0.1) is 5.82 Å². The SMILES string of the molecule is CN(C1CCOC1)S(=O)(=O)c1cc(F)ccc1N. The molecule has 1 unspecified atom stereocenters. The van der Waals surface area contributed by atoms with E-state index in [2.05, 4.69) is 0 Å². The van der Waals surface area contributed by atoms with E-state index in [1.54, 1.807) is 0 Å². The Bertz CT molecular complexity index is 541. The van der Waals surface area contributed by atoms with Crippen LogP contribution in [0.1, 0.15) is 6.42 Å². The Morgan fingerprint density at radius 2 is 2.22 bits per heavy atom. The molecular weight excluding hydrogens is 259 g/mol. The molecule has 0 bridgehead atoms. The van der Waals surface area contributed by atoms with Crippen LogP contribution in [0.2, 0.25) is 0 Å². The predicted octanol–water partition coefficient (Wildman–Crippen LogP) is 0.817. The minimum absolute atomic E-state index is 0.0437. The van der Waals surface area contributed by atoms with Crippen LogP contribution in [-0.4, -0.2) is 39.0 Å². The monoisotopic (exact) mass is 274 g/mol. The molecule has 7 heteroatoms. The Labute approximate surface area is 105 Å². The van der Waals surface area contributed by atoms with Crippen LogP contribution >= 0.6 is 0 Å². The molecule has 0 spiro atoms. The smallest absolute Gasteiger partial charge is 0.245 e. The lowest BCUT2D eigenvalue weighted by molar-refractivity contribution is 0.181. The summed E-state index contributed by atoms with van der Waals surface area (Å²) in [6.07, 6.45) is 0.630. The lowest BCUT2D eigenvalue weighted by Gasteiger charge is -2.23. The van der Waals surface area contributed by atoms with Crippen molar-refractivity contribution < 1.29 is 17.5 Å². The normalized spacial score (nSPS) is 20.5.